The molecule has 0 fully saturated rings. The molecule has 1 heterocycles. The van der Waals surface area contributed by atoms with Crippen molar-refractivity contribution in [1.29, 1.82) is 0 Å². The standard InChI is InChI=1S/C13H18O2/c1-3-5-11-8-10(9-14-2)12-6-4-7-13(12)15-11/h3,5,9,11H,4,6-8H2,1-2H3/b5-3+,10-9-. The fourth-order valence-corrected chi connectivity index (χ4v) is 2.33. The molecule has 2 nitrogen and oxygen atoms in total. The summed E-state index contributed by atoms with van der Waals surface area (Å²) in [7, 11) is 1.71. The van der Waals surface area contributed by atoms with Crippen LogP contribution in [0.15, 0.2) is 35.3 Å². The van der Waals surface area contributed by atoms with Crippen LogP contribution < -0.4 is 0 Å². The molecule has 2 rings (SSSR count). The number of rotatable bonds is 2. The van der Waals surface area contributed by atoms with Gasteiger partial charge in [0, 0.05) is 12.8 Å². The fourth-order valence-electron chi connectivity index (χ4n) is 2.33. The Labute approximate surface area is 91.3 Å². The summed E-state index contributed by atoms with van der Waals surface area (Å²) >= 11 is 0. The molecule has 0 N–H and O–H groups in total. The number of hydrogen-bond donors (Lipinski definition) is 0. The highest BCUT2D eigenvalue weighted by atomic mass is 16.5. The van der Waals surface area contributed by atoms with Crippen molar-refractivity contribution < 1.29 is 9.47 Å². The van der Waals surface area contributed by atoms with Gasteiger partial charge in [-0.25, -0.2) is 0 Å². The van der Waals surface area contributed by atoms with Gasteiger partial charge in [0.1, 0.15) is 11.9 Å². The van der Waals surface area contributed by atoms with E-state index in [0.717, 1.165) is 19.3 Å². The molecule has 1 atom stereocenters. The molecule has 0 spiro atoms. The van der Waals surface area contributed by atoms with Crippen molar-refractivity contribution in [1.82, 2.24) is 0 Å². The number of allylic oxidation sites excluding steroid dienone is 3. The van der Waals surface area contributed by atoms with Crippen LogP contribution in [0.1, 0.15) is 32.6 Å². The van der Waals surface area contributed by atoms with Gasteiger partial charge in [-0.1, -0.05) is 6.08 Å². The van der Waals surface area contributed by atoms with Crippen molar-refractivity contribution in [3.63, 3.8) is 0 Å². The Morgan fingerprint density at radius 2 is 2.27 bits per heavy atom. The highest BCUT2D eigenvalue weighted by molar-refractivity contribution is 5.38. The average Bonchev–Trinajstić information content (AvgIpc) is 2.67. The summed E-state index contributed by atoms with van der Waals surface area (Å²) < 4.78 is 11.1. The quantitative estimate of drug-likeness (QED) is 0.509. The van der Waals surface area contributed by atoms with E-state index in [4.69, 9.17) is 9.47 Å². The van der Waals surface area contributed by atoms with Gasteiger partial charge in [-0.3, -0.25) is 0 Å². The second-order valence-corrected chi connectivity index (χ2v) is 4.02. The molecular weight excluding hydrogens is 188 g/mol. The average molecular weight is 206 g/mol. The summed E-state index contributed by atoms with van der Waals surface area (Å²) in [5, 5.41) is 0. The predicted molar refractivity (Wildman–Crippen MR) is 60.3 cm³/mol. The predicted octanol–water partition coefficient (Wildman–Crippen LogP) is 3.32. The molecular formula is C13H18O2. The van der Waals surface area contributed by atoms with Gasteiger partial charge in [-0.05, 0) is 37.0 Å². The van der Waals surface area contributed by atoms with Crippen LogP contribution in [0.5, 0.6) is 0 Å². The topological polar surface area (TPSA) is 18.5 Å². The summed E-state index contributed by atoms with van der Waals surface area (Å²) in [5.74, 6) is 1.19. The molecule has 0 amide bonds. The van der Waals surface area contributed by atoms with Crippen molar-refractivity contribution >= 4 is 0 Å². The highest BCUT2D eigenvalue weighted by Gasteiger charge is 2.27. The minimum absolute atomic E-state index is 0.202. The minimum Gasteiger partial charge on any atom is -0.504 e. The molecule has 0 bridgehead atoms. The molecule has 1 aliphatic carbocycles. The fraction of sp³-hybridized carbons (Fsp3) is 0.538. The maximum atomic E-state index is 5.92. The van der Waals surface area contributed by atoms with Gasteiger partial charge in [0.15, 0.2) is 0 Å². The molecule has 1 aliphatic heterocycles. The third-order valence-corrected chi connectivity index (χ3v) is 2.94. The van der Waals surface area contributed by atoms with Gasteiger partial charge in [-0.2, -0.15) is 0 Å². The van der Waals surface area contributed by atoms with Gasteiger partial charge in [0.25, 0.3) is 0 Å². The van der Waals surface area contributed by atoms with Gasteiger partial charge in [0.2, 0.25) is 0 Å². The lowest BCUT2D eigenvalue weighted by Gasteiger charge is -2.25. The SMILES string of the molecule is C/C=C/C1C/C(=C/OC)C2=C(CCC2)O1. The van der Waals surface area contributed by atoms with E-state index in [2.05, 4.69) is 12.2 Å². The van der Waals surface area contributed by atoms with Crippen LogP contribution in [-0.4, -0.2) is 13.2 Å². The van der Waals surface area contributed by atoms with Crippen LogP contribution in [-0.2, 0) is 9.47 Å². The Bertz CT molecular complexity index is 323. The maximum Gasteiger partial charge on any atom is 0.120 e. The molecule has 0 saturated carbocycles. The molecule has 15 heavy (non-hydrogen) atoms. The zero-order valence-electron chi connectivity index (χ0n) is 9.45. The molecule has 2 aliphatic rings. The maximum absolute atomic E-state index is 5.92. The molecule has 1 unspecified atom stereocenters. The molecule has 2 heteroatoms. The summed E-state index contributed by atoms with van der Waals surface area (Å²) in [6.07, 6.45) is 10.6. The van der Waals surface area contributed by atoms with E-state index in [1.165, 1.54) is 23.3 Å². The smallest absolute Gasteiger partial charge is 0.120 e. The van der Waals surface area contributed by atoms with Crippen molar-refractivity contribution in [2.75, 3.05) is 7.11 Å². The van der Waals surface area contributed by atoms with Crippen molar-refractivity contribution in [2.24, 2.45) is 0 Å². The summed E-state index contributed by atoms with van der Waals surface area (Å²) in [4.78, 5) is 0. The van der Waals surface area contributed by atoms with Crippen molar-refractivity contribution in [3.8, 4) is 0 Å². The zero-order valence-corrected chi connectivity index (χ0v) is 9.45. The second kappa shape index (κ2) is 4.56. The Kier molecular flexibility index (Phi) is 3.14. The van der Waals surface area contributed by atoms with E-state index >= 15 is 0 Å². The monoisotopic (exact) mass is 206 g/mol. The van der Waals surface area contributed by atoms with Crippen LogP contribution >= 0.6 is 0 Å². The number of ether oxygens (including phenoxy) is 2. The minimum atomic E-state index is 0.202. The summed E-state index contributed by atoms with van der Waals surface area (Å²) in [6.45, 7) is 2.03. The van der Waals surface area contributed by atoms with Crippen molar-refractivity contribution in [3.05, 3.63) is 35.3 Å². The first-order valence-electron chi connectivity index (χ1n) is 5.59. The molecule has 0 aromatic rings. The lowest BCUT2D eigenvalue weighted by Crippen LogP contribution is -2.17. The highest BCUT2D eigenvalue weighted by Crippen LogP contribution is 2.39. The van der Waals surface area contributed by atoms with E-state index in [1.807, 2.05) is 13.2 Å². The van der Waals surface area contributed by atoms with Gasteiger partial charge in [-0.15, -0.1) is 0 Å². The Hall–Kier alpha value is -1.18. The Morgan fingerprint density at radius 3 is 3.00 bits per heavy atom. The Balaban J connectivity index is 2.23. The van der Waals surface area contributed by atoms with E-state index in [9.17, 15) is 0 Å². The molecule has 0 saturated heterocycles. The third kappa shape index (κ3) is 2.09. The molecule has 0 aromatic carbocycles. The van der Waals surface area contributed by atoms with Crippen molar-refractivity contribution in [2.45, 2.75) is 38.7 Å². The third-order valence-electron chi connectivity index (χ3n) is 2.94. The molecule has 0 aromatic heterocycles. The molecule has 0 radical (unpaired) electrons. The Morgan fingerprint density at radius 1 is 1.40 bits per heavy atom. The first kappa shape index (κ1) is 10.3. The van der Waals surface area contributed by atoms with Crippen LogP contribution in [0.4, 0.5) is 0 Å². The first-order chi connectivity index (χ1) is 7.35. The summed E-state index contributed by atoms with van der Waals surface area (Å²) in [6, 6.07) is 0. The van der Waals surface area contributed by atoms with Crippen LogP contribution in [0.25, 0.3) is 0 Å². The van der Waals surface area contributed by atoms with E-state index in [-0.39, 0.29) is 6.10 Å². The normalized spacial score (nSPS) is 28.4. The largest absolute Gasteiger partial charge is 0.504 e. The van der Waals surface area contributed by atoms with Gasteiger partial charge < -0.3 is 9.47 Å². The number of methoxy groups -OCH3 is 1. The van der Waals surface area contributed by atoms with E-state index in [1.54, 1.807) is 7.11 Å². The first-order valence-corrected chi connectivity index (χ1v) is 5.59. The zero-order chi connectivity index (χ0) is 10.7. The lowest BCUT2D eigenvalue weighted by molar-refractivity contribution is 0.137. The van der Waals surface area contributed by atoms with E-state index in [0.29, 0.717) is 0 Å². The van der Waals surface area contributed by atoms with E-state index < -0.39 is 0 Å². The van der Waals surface area contributed by atoms with Crippen LogP contribution in [0.3, 0.4) is 0 Å². The lowest BCUT2D eigenvalue weighted by atomic mass is 9.97. The van der Waals surface area contributed by atoms with Gasteiger partial charge >= 0.3 is 0 Å². The van der Waals surface area contributed by atoms with Crippen LogP contribution in [0.2, 0.25) is 0 Å². The van der Waals surface area contributed by atoms with Gasteiger partial charge in [0.05, 0.1) is 13.4 Å². The second-order valence-electron chi connectivity index (χ2n) is 4.02. The van der Waals surface area contributed by atoms with Crippen LogP contribution in [0, 0.1) is 0 Å². The number of hydrogen-bond acceptors (Lipinski definition) is 2. The molecule has 82 valence electrons. The summed E-state index contributed by atoms with van der Waals surface area (Å²) in [5.41, 5.74) is 2.71.